The third kappa shape index (κ3) is 6.04. The van der Waals surface area contributed by atoms with Crippen molar-refractivity contribution in [2.75, 3.05) is 20.3 Å². The van der Waals surface area contributed by atoms with Gasteiger partial charge in [-0.1, -0.05) is 12.1 Å². The summed E-state index contributed by atoms with van der Waals surface area (Å²) in [6, 6.07) is 16.2. The van der Waals surface area contributed by atoms with Crippen molar-refractivity contribution in [2.45, 2.75) is 49.8 Å². The van der Waals surface area contributed by atoms with Gasteiger partial charge in [-0.2, -0.15) is 9.40 Å². The van der Waals surface area contributed by atoms with E-state index in [4.69, 9.17) is 14.2 Å². The quantitative estimate of drug-likeness (QED) is 0.265. The van der Waals surface area contributed by atoms with Crippen LogP contribution in [-0.4, -0.2) is 66.0 Å². The van der Waals surface area contributed by atoms with E-state index in [-0.39, 0.29) is 36.3 Å². The number of ether oxygens (including phenoxy) is 3. The number of para-hydroxylation sites is 2. The van der Waals surface area contributed by atoms with Gasteiger partial charge in [0.1, 0.15) is 18.2 Å². The molecule has 0 saturated carbocycles. The van der Waals surface area contributed by atoms with Gasteiger partial charge in [-0.15, -0.1) is 0 Å². The van der Waals surface area contributed by atoms with E-state index in [0.717, 1.165) is 0 Å². The number of aliphatic carboxylic acids is 1. The van der Waals surface area contributed by atoms with Gasteiger partial charge in [0.2, 0.25) is 10.0 Å². The summed E-state index contributed by atoms with van der Waals surface area (Å²) >= 11 is 0. The summed E-state index contributed by atoms with van der Waals surface area (Å²) in [5.74, 6) is -0.0575. The van der Waals surface area contributed by atoms with Crippen molar-refractivity contribution in [1.29, 1.82) is 0 Å². The number of carboxylic acid groups (broad SMARTS) is 1. The summed E-state index contributed by atoms with van der Waals surface area (Å²) < 4.78 is 62.3. The molecule has 1 aromatic heterocycles. The minimum absolute atomic E-state index is 0.0141. The number of fused-ring (bicyclic) bond motifs is 1. The van der Waals surface area contributed by atoms with Gasteiger partial charge in [0.15, 0.2) is 11.5 Å². The number of halogens is 1. The van der Waals surface area contributed by atoms with Gasteiger partial charge in [-0.25, -0.2) is 12.8 Å². The van der Waals surface area contributed by atoms with E-state index in [2.05, 4.69) is 5.10 Å². The molecule has 3 aromatic carbocycles. The van der Waals surface area contributed by atoms with Gasteiger partial charge >= 0.3 is 5.97 Å². The van der Waals surface area contributed by atoms with Crippen molar-refractivity contribution in [3.63, 3.8) is 0 Å². The Morgan fingerprint density at radius 3 is 2.48 bits per heavy atom. The van der Waals surface area contributed by atoms with E-state index in [1.807, 2.05) is 13.8 Å². The van der Waals surface area contributed by atoms with Crippen LogP contribution in [0.2, 0.25) is 0 Å². The molecular formula is C30H32FN3O7S. The molecule has 42 heavy (non-hydrogen) atoms. The maximum atomic E-state index is 14.3. The first-order valence-corrected chi connectivity index (χ1v) is 14.9. The number of hydrogen-bond donors (Lipinski definition) is 1. The van der Waals surface area contributed by atoms with Crippen LogP contribution in [0.1, 0.15) is 32.0 Å². The highest BCUT2D eigenvalue weighted by Gasteiger charge is 2.42. The average Bonchev–Trinajstić information content (AvgIpc) is 3.53. The Balaban J connectivity index is 1.51. The first kappa shape index (κ1) is 29.3. The second-order valence-electron chi connectivity index (χ2n) is 10.3. The average molecular weight is 598 g/mol. The maximum Gasteiger partial charge on any atom is 0.309 e. The number of carbonyl (C=O) groups is 1. The summed E-state index contributed by atoms with van der Waals surface area (Å²) in [6.45, 7) is 3.80. The van der Waals surface area contributed by atoms with E-state index in [1.165, 1.54) is 41.7 Å². The lowest BCUT2D eigenvalue weighted by Gasteiger charge is -2.24. The maximum absolute atomic E-state index is 14.3. The molecule has 2 heterocycles. The second kappa shape index (κ2) is 12.0. The van der Waals surface area contributed by atoms with Crippen LogP contribution in [0.3, 0.4) is 0 Å². The van der Waals surface area contributed by atoms with Crippen LogP contribution >= 0.6 is 0 Å². The third-order valence-corrected chi connectivity index (χ3v) is 8.99. The number of hydrogen-bond acceptors (Lipinski definition) is 7. The molecule has 1 saturated heterocycles. The molecule has 4 aromatic rings. The second-order valence-corrected chi connectivity index (χ2v) is 12.2. The highest BCUT2D eigenvalue weighted by Crippen LogP contribution is 2.36. The molecule has 0 radical (unpaired) electrons. The molecule has 0 bridgehead atoms. The Hall–Kier alpha value is -4.16. The Morgan fingerprint density at radius 2 is 1.81 bits per heavy atom. The van der Waals surface area contributed by atoms with E-state index in [9.17, 15) is 22.7 Å². The molecule has 0 spiro atoms. The minimum Gasteiger partial charge on any atom is -0.493 e. The summed E-state index contributed by atoms with van der Waals surface area (Å²) in [5.41, 5.74) is 0.677. The molecule has 1 aliphatic rings. The number of benzene rings is 3. The zero-order valence-electron chi connectivity index (χ0n) is 23.4. The fourth-order valence-electron chi connectivity index (χ4n) is 5.24. The molecular weight excluding hydrogens is 565 g/mol. The Kier molecular flexibility index (Phi) is 8.37. The topological polar surface area (TPSA) is 120 Å². The Bertz CT molecular complexity index is 1690. The van der Waals surface area contributed by atoms with Gasteiger partial charge in [0.25, 0.3) is 0 Å². The fraction of sp³-hybridized carbons (Fsp3) is 0.333. The van der Waals surface area contributed by atoms with Gasteiger partial charge in [0, 0.05) is 11.9 Å². The number of nitrogens with zero attached hydrogens (tertiary/aromatic N) is 3. The van der Waals surface area contributed by atoms with E-state index in [1.54, 1.807) is 41.1 Å². The summed E-state index contributed by atoms with van der Waals surface area (Å²) in [6.07, 6.45) is -0.124. The monoisotopic (exact) mass is 597 g/mol. The molecule has 10 nitrogen and oxygen atoms in total. The lowest BCUT2D eigenvalue weighted by atomic mass is 10.1. The van der Waals surface area contributed by atoms with Gasteiger partial charge in [-0.05, 0) is 74.9 Å². The Labute approximate surface area is 243 Å². The SMILES string of the molecule is COc1ccccc1OC[C@H]1C[C@@H](n2nc(CC(=O)O)c3ccc(F)cc32)CN1S(=O)(=O)c1ccc(OC(C)C)cc1. The molecule has 0 amide bonds. The molecule has 0 unspecified atom stereocenters. The van der Waals surface area contributed by atoms with Crippen LogP contribution in [0.5, 0.6) is 17.2 Å². The number of aromatic nitrogens is 2. The molecule has 222 valence electrons. The molecule has 0 aliphatic carbocycles. The molecule has 12 heteroatoms. The molecule has 5 rings (SSSR count). The summed E-state index contributed by atoms with van der Waals surface area (Å²) in [7, 11) is -2.49. The van der Waals surface area contributed by atoms with Crippen molar-refractivity contribution < 1.29 is 36.9 Å². The Morgan fingerprint density at radius 1 is 1.10 bits per heavy atom. The van der Waals surface area contributed by atoms with Crippen LogP contribution in [0.4, 0.5) is 4.39 Å². The predicted molar refractivity (Wildman–Crippen MR) is 153 cm³/mol. The molecule has 2 atom stereocenters. The van der Waals surface area contributed by atoms with Crippen LogP contribution in [0.15, 0.2) is 71.6 Å². The fourth-order valence-corrected chi connectivity index (χ4v) is 6.89. The minimum atomic E-state index is -4.01. The normalized spacial score (nSPS) is 17.5. The lowest BCUT2D eigenvalue weighted by molar-refractivity contribution is -0.136. The van der Waals surface area contributed by atoms with Crippen molar-refractivity contribution in [2.24, 2.45) is 0 Å². The van der Waals surface area contributed by atoms with E-state index >= 15 is 0 Å². The third-order valence-electron chi connectivity index (χ3n) is 7.06. The number of sulfonamides is 1. The van der Waals surface area contributed by atoms with Crippen molar-refractivity contribution in [3.8, 4) is 17.2 Å². The number of rotatable bonds is 11. The van der Waals surface area contributed by atoms with Crippen molar-refractivity contribution in [3.05, 3.63) is 78.2 Å². The van der Waals surface area contributed by atoms with Crippen molar-refractivity contribution in [1.82, 2.24) is 14.1 Å². The predicted octanol–water partition coefficient (Wildman–Crippen LogP) is 4.68. The van der Waals surface area contributed by atoms with Crippen LogP contribution in [0.25, 0.3) is 10.9 Å². The van der Waals surface area contributed by atoms with Gasteiger partial charge in [0.05, 0.1) is 47.8 Å². The number of carboxylic acids is 1. The van der Waals surface area contributed by atoms with E-state index in [0.29, 0.717) is 34.6 Å². The van der Waals surface area contributed by atoms with Crippen LogP contribution < -0.4 is 14.2 Å². The van der Waals surface area contributed by atoms with E-state index < -0.39 is 33.9 Å². The highest BCUT2D eigenvalue weighted by atomic mass is 32.2. The molecule has 1 fully saturated rings. The molecule has 1 N–H and O–H groups in total. The summed E-state index contributed by atoms with van der Waals surface area (Å²) in [5, 5.41) is 14.4. The van der Waals surface area contributed by atoms with Gasteiger partial charge < -0.3 is 19.3 Å². The molecule has 1 aliphatic heterocycles. The van der Waals surface area contributed by atoms with Gasteiger partial charge in [-0.3, -0.25) is 9.48 Å². The van der Waals surface area contributed by atoms with Crippen molar-refractivity contribution >= 4 is 26.9 Å². The lowest BCUT2D eigenvalue weighted by Crippen LogP contribution is -2.39. The first-order chi connectivity index (χ1) is 20.1. The van der Waals surface area contributed by atoms with Crippen LogP contribution in [-0.2, 0) is 21.2 Å². The smallest absolute Gasteiger partial charge is 0.309 e. The first-order valence-electron chi connectivity index (χ1n) is 13.5. The van der Waals surface area contributed by atoms with Crippen LogP contribution in [0, 0.1) is 5.82 Å². The summed E-state index contributed by atoms with van der Waals surface area (Å²) in [4.78, 5) is 11.6. The highest BCUT2D eigenvalue weighted by molar-refractivity contribution is 7.89. The largest absolute Gasteiger partial charge is 0.493 e. The standard InChI is InChI=1S/C30H32FN3O7S/c1-19(2)41-23-9-11-24(12-10-23)42(37,38)33-17-21(15-22(33)18-40-29-7-5-4-6-28(29)39-3)34-27-14-20(31)8-13-25(27)26(32-34)16-30(35)36/h4-14,19,21-22H,15-18H2,1-3H3,(H,35,36)/t21-,22-/m1/s1. The zero-order valence-corrected chi connectivity index (χ0v) is 24.3. The number of methoxy groups -OCH3 is 1. The zero-order chi connectivity index (χ0) is 30.0.